The molecule has 0 aliphatic rings. The third kappa shape index (κ3) is 5.58. The highest BCUT2D eigenvalue weighted by Crippen LogP contribution is 2.23. The first-order valence-corrected chi connectivity index (χ1v) is 7.09. The number of nitrogens with one attached hydrogen (secondary N) is 1. The number of benzene rings is 1. The predicted molar refractivity (Wildman–Crippen MR) is 83.4 cm³/mol. The summed E-state index contributed by atoms with van der Waals surface area (Å²) in [6, 6.07) is 8.32. The van der Waals surface area contributed by atoms with E-state index < -0.39 is 23.2 Å². The van der Waals surface area contributed by atoms with Crippen LogP contribution in [-0.4, -0.2) is 23.5 Å². The van der Waals surface area contributed by atoms with E-state index in [-0.39, 0.29) is 5.78 Å². The Balaban J connectivity index is 2.93. The van der Waals surface area contributed by atoms with Gasteiger partial charge in [0.05, 0.1) is 0 Å². The maximum atomic E-state index is 12.6. The van der Waals surface area contributed by atoms with Crippen LogP contribution in [0.4, 0.5) is 4.79 Å². The molecule has 0 aliphatic carbocycles. The molecule has 4 heteroatoms. The van der Waals surface area contributed by atoms with Gasteiger partial charge in [0.25, 0.3) is 0 Å². The summed E-state index contributed by atoms with van der Waals surface area (Å²) in [7, 11) is 0. The van der Waals surface area contributed by atoms with Crippen molar-refractivity contribution in [1.29, 1.82) is 0 Å². The Morgan fingerprint density at radius 1 is 1.00 bits per heavy atom. The first-order valence-electron chi connectivity index (χ1n) is 7.09. The summed E-state index contributed by atoms with van der Waals surface area (Å²) in [5, 5.41) is 2.70. The fraction of sp³-hybridized carbons (Fsp3) is 0.529. The zero-order valence-electron chi connectivity index (χ0n) is 13.7. The second kappa shape index (κ2) is 6.29. The van der Waals surface area contributed by atoms with Crippen LogP contribution in [0.15, 0.2) is 30.3 Å². The Labute approximate surface area is 126 Å². The molecule has 0 heterocycles. The molecule has 1 aromatic rings. The Morgan fingerprint density at radius 3 is 1.95 bits per heavy atom. The van der Waals surface area contributed by atoms with Gasteiger partial charge in [0.1, 0.15) is 11.6 Å². The maximum absolute atomic E-state index is 12.6. The van der Waals surface area contributed by atoms with E-state index in [2.05, 4.69) is 5.32 Å². The highest BCUT2D eigenvalue weighted by Gasteiger charge is 2.34. The molecule has 4 nitrogen and oxygen atoms in total. The number of carbonyl (C=O) groups excluding carboxylic acids is 2. The number of alkyl carbamates (subject to hydrolysis) is 1. The monoisotopic (exact) mass is 291 g/mol. The number of carbonyl (C=O) groups is 2. The van der Waals surface area contributed by atoms with Crippen molar-refractivity contribution in [2.24, 2.45) is 5.41 Å². The number of ketones is 1. The number of Topliss-reactive ketones (excluding diaryl/α,β-unsaturated/α-hetero) is 1. The maximum Gasteiger partial charge on any atom is 0.408 e. The molecular weight excluding hydrogens is 266 g/mol. The van der Waals surface area contributed by atoms with E-state index in [0.717, 1.165) is 0 Å². The van der Waals surface area contributed by atoms with E-state index in [1.54, 1.807) is 45.0 Å². The van der Waals surface area contributed by atoms with Crippen molar-refractivity contribution >= 4 is 11.9 Å². The largest absolute Gasteiger partial charge is 0.444 e. The topological polar surface area (TPSA) is 55.4 Å². The standard InChI is InChI=1S/C17H25NO3/c1-16(2,3)14(18-15(20)21-17(4,5)6)13(19)12-10-8-7-9-11-12/h7-11,14H,1-6H3,(H,18,20)/t14-/m1/s1. The van der Waals surface area contributed by atoms with Crippen LogP contribution >= 0.6 is 0 Å². The lowest BCUT2D eigenvalue weighted by Gasteiger charge is -2.31. The van der Waals surface area contributed by atoms with Gasteiger partial charge in [-0.2, -0.15) is 0 Å². The van der Waals surface area contributed by atoms with Crippen LogP contribution in [0.3, 0.4) is 0 Å². The summed E-state index contributed by atoms with van der Waals surface area (Å²) in [5.41, 5.74) is -0.430. The fourth-order valence-corrected chi connectivity index (χ4v) is 1.87. The van der Waals surface area contributed by atoms with E-state index in [0.29, 0.717) is 5.56 Å². The van der Waals surface area contributed by atoms with Crippen LogP contribution in [-0.2, 0) is 4.74 Å². The third-order valence-electron chi connectivity index (χ3n) is 2.85. The molecule has 1 aromatic carbocycles. The molecule has 0 saturated heterocycles. The molecule has 0 aromatic heterocycles. The van der Waals surface area contributed by atoms with Crippen molar-refractivity contribution in [2.45, 2.75) is 53.2 Å². The van der Waals surface area contributed by atoms with Crippen LogP contribution in [0.25, 0.3) is 0 Å². The van der Waals surface area contributed by atoms with Crippen LogP contribution in [0.5, 0.6) is 0 Å². The predicted octanol–water partition coefficient (Wildman–Crippen LogP) is 3.81. The molecule has 0 aliphatic heterocycles. The minimum atomic E-state index is -0.644. The van der Waals surface area contributed by atoms with Crippen LogP contribution in [0, 0.1) is 5.41 Å². The zero-order valence-corrected chi connectivity index (χ0v) is 13.7. The molecule has 0 fully saturated rings. The van der Waals surface area contributed by atoms with E-state index in [9.17, 15) is 9.59 Å². The lowest BCUT2D eigenvalue weighted by Crippen LogP contribution is -2.50. The average Bonchev–Trinajstić information content (AvgIpc) is 2.33. The lowest BCUT2D eigenvalue weighted by atomic mass is 9.82. The summed E-state index contributed by atoms with van der Waals surface area (Å²) in [6.45, 7) is 11.1. The molecule has 0 bridgehead atoms. The van der Waals surface area contributed by atoms with Crippen molar-refractivity contribution < 1.29 is 14.3 Å². The normalized spacial score (nSPS) is 13.4. The summed E-state index contributed by atoms with van der Waals surface area (Å²) in [6.07, 6.45) is -0.577. The van der Waals surface area contributed by atoms with Crippen LogP contribution in [0.2, 0.25) is 0 Å². The third-order valence-corrected chi connectivity index (χ3v) is 2.85. The minimum Gasteiger partial charge on any atom is -0.444 e. The average molecular weight is 291 g/mol. The smallest absolute Gasteiger partial charge is 0.408 e. The van der Waals surface area contributed by atoms with Crippen molar-refractivity contribution in [3.63, 3.8) is 0 Å². The van der Waals surface area contributed by atoms with Crippen LogP contribution < -0.4 is 5.32 Å². The SMILES string of the molecule is CC(C)(C)OC(=O)N[C@H](C(=O)c1ccccc1)C(C)(C)C. The van der Waals surface area contributed by atoms with Gasteiger partial charge in [0.2, 0.25) is 0 Å². The van der Waals surface area contributed by atoms with E-state index in [1.165, 1.54) is 0 Å². The molecule has 116 valence electrons. The quantitative estimate of drug-likeness (QED) is 0.862. The van der Waals surface area contributed by atoms with E-state index in [4.69, 9.17) is 4.74 Å². The lowest BCUT2D eigenvalue weighted by molar-refractivity contribution is 0.0446. The van der Waals surface area contributed by atoms with Gasteiger partial charge in [-0.25, -0.2) is 4.79 Å². The Morgan fingerprint density at radius 2 is 1.52 bits per heavy atom. The van der Waals surface area contributed by atoms with Gasteiger partial charge >= 0.3 is 6.09 Å². The van der Waals surface area contributed by atoms with Gasteiger partial charge in [0, 0.05) is 5.56 Å². The number of rotatable bonds is 3. The van der Waals surface area contributed by atoms with Gasteiger partial charge in [-0.05, 0) is 26.2 Å². The van der Waals surface area contributed by atoms with Crippen molar-refractivity contribution in [3.8, 4) is 0 Å². The van der Waals surface area contributed by atoms with Gasteiger partial charge in [-0.15, -0.1) is 0 Å². The number of hydrogen-bond acceptors (Lipinski definition) is 3. The van der Waals surface area contributed by atoms with Crippen LogP contribution in [0.1, 0.15) is 51.9 Å². The fourth-order valence-electron chi connectivity index (χ4n) is 1.87. The summed E-state index contributed by atoms with van der Waals surface area (Å²) < 4.78 is 5.25. The van der Waals surface area contributed by atoms with E-state index in [1.807, 2.05) is 26.8 Å². The first kappa shape index (κ1) is 17.2. The van der Waals surface area contributed by atoms with E-state index >= 15 is 0 Å². The van der Waals surface area contributed by atoms with Gasteiger partial charge in [-0.3, -0.25) is 4.79 Å². The first-order chi connectivity index (χ1) is 9.50. The van der Waals surface area contributed by atoms with Crippen molar-refractivity contribution in [3.05, 3.63) is 35.9 Å². The van der Waals surface area contributed by atoms with Gasteiger partial charge < -0.3 is 10.1 Å². The molecule has 0 radical (unpaired) electrons. The Bertz CT molecular complexity index is 495. The summed E-state index contributed by atoms with van der Waals surface area (Å²) >= 11 is 0. The Hall–Kier alpha value is -1.84. The second-order valence-electron chi connectivity index (χ2n) is 7.18. The summed E-state index contributed by atoms with van der Waals surface area (Å²) in [5.74, 6) is -0.117. The highest BCUT2D eigenvalue weighted by atomic mass is 16.6. The molecular formula is C17H25NO3. The number of amides is 1. The highest BCUT2D eigenvalue weighted by molar-refractivity contribution is 6.02. The van der Waals surface area contributed by atoms with Gasteiger partial charge in [-0.1, -0.05) is 51.1 Å². The molecule has 21 heavy (non-hydrogen) atoms. The van der Waals surface area contributed by atoms with Gasteiger partial charge in [0.15, 0.2) is 5.78 Å². The number of ether oxygens (including phenoxy) is 1. The molecule has 1 amide bonds. The minimum absolute atomic E-state index is 0.117. The zero-order chi connectivity index (χ0) is 16.3. The molecule has 1 N–H and O–H groups in total. The Kier molecular flexibility index (Phi) is 5.15. The molecule has 1 rings (SSSR count). The molecule has 0 saturated carbocycles. The van der Waals surface area contributed by atoms with Crippen molar-refractivity contribution in [1.82, 2.24) is 5.32 Å². The van der Waals surface area contributed by atoms with Crippen molar-refractivity contribution in [2.75, 3.05) is 0 Å². The number of hydrogen-bond donors (Lipinski definition) is 1. The summed E-state index contributed by atoms with van der Waals surface area (Å²) in [4.78, 5) is 24.6. The molecule has 0 unspecified atom stereocenters. The second-order valence-corrected chi connectivity index (χ2v) is 7.18. The molecule has 0 spiro atoms. The molecule has 1 atom stereocenters.